The van der Waals surface area contributed by atoms with Gasteiger partial charge in [-0.15, -0.1) is 0 Å². The van der Waals surface area contributed by atoms with Crippen molar-refractivity contribution in [2.75, 3.05) is 5.32 Å². The molecule has 0 spiro atoms. The zero-order valence-electron chi connectivity index (χ0n) is 13.9. The first-order chi connectivity index (χ1) is 12.2. The molecule has 9 heteroatoms. The zero-order chi connectivity index (χ0) is 19.1. The summed E-state index contributed by atoms with van der Waals surface area (Å²) in [6, 6.07) is -0.137. The van der Waals surface area contributed by atoms with Gasteiger partial charge >= 0.3 is 12.1 Å². The smallest absolute Gasteiger partial charge is 0.491 e. The van der Waals surface area contributed by atoms with Gasteiger partial charge in [0, 0.05) is 17.2 Å². The molecule has 26 heavy (non-hydrogen) atoms. The average Bonchev–Trinajstić information content (AvgIpc) is 3.08. The van der Waals surface area contributed by atoms with Crippen molar-refractivity contribution in [1.82, 2.24) is 0 Å². The van der Waals surface area contributed by atoms with E-state index in [1.807, 2.05) is 0 Å². The lowest BCUT2D eigenvalue weighted by atomic mass is 9.87. The highest BCUT2D eigenvalue weighted by atomic mass is 19.4. The van der Waals surface area contributed by atoms with Crippen molar-refractivity contribution in [3.63, 3.8) is 0 Å². The van der Waals surface area contributed by atoms with Crippen molar-refractivity contribution in [3.8, 4) is 17.2 Å². The Kier molecular flexibility index (Phi) is 4.92. The normalized spacial score (nSPS) is 20.7. The summed E-state index contributed by atoms with van der Waals surface area (Å²) >= 11 is 0. The molecule has 2 aliphatic rings. The summed E-state index contributed by atoms with van der Waals surface area (Å²) in [4.78, 5) is 11.4. The molecule has 0 saturated heterocycles. The molecule has 0 amide bonds. The summed E-state index contributed by atoms with van der Waals surface area (Å²) in [5.41, 5.74) is -0.264. The molecule has 1 atom stereocenters. The minimum Gasteiger partial charge on any atom is -0.504 e. The van der Waals surface area contributed by atoms with E-state index in [-0.39, 0.29) is 35.7 Å². The van der Waals surface area contributed by atoms with Gasteiger partial charge in [-0.1, -0.05) is 12.8 Å². The first-order valence-electron chi connectivity index (χ1n) is 8.54. The van der Waals surface area contributed by atoms with Gasteiger partial charge in [0.1, 0.15) is 5.69 Å². The highest BCUT2D eigenvalue weighted by molar-refractivity contribution is 5.84. The maximum Gasteiger partial charge on any atom is 0.491 e. The minimum absolute atomic E-state index is 0.0790. The number of anilines is 1. The summed E-state index contributed by atoms with van der Waals surface area (Å²) in [5, 5.41) is 33.7. The van der Waals surface area contributed by atoms with E-state index in [1.54, 1.807) is 0 Å². The molecule has 6 nitrogen and oxygen atoms in total. The molecule has 1 aromatic carbocycles. The topological polar surface area (TPSA) is 99.0 Å². The van der Waals surface area contributed by atoms with E-state index in [4.69, 9.17) is 0 Å². The van der Waals surface area contributed by atoms with Crippen molar-refractivity contribution >= 4 is 11.7 Å². The SMILES string of the molecule is O=C(Oc1c(NC2CCCC2)c(O)c(O)c2c1C(O)CCC2)C(F)(F)F. The fourth-order valence-corrected chi connectivity index (χ4v) is 3.65. The molecule has 1 saturated carbocycles. The lowest BCUT2D eigenvalue weighted by Crippen LogP contribution is -2.30. The van der Waals surface area contributed by atoms with Gasteiger partial charge < -0.3 is 25.4 Å². The number of carbonyl (C=O) groups excluding carboxylic acids is 1. The van der Waals surface area contributed by atoms with E-state index in [1.165, 1.54) is 0 Å². The van der Waals surface area contributed by atoms with Gasteiger partial charge in [0.2, 0.25) is 0 Å². The Labute approximate surface area is 147 Å². The van der Waals surface area contributed by atoms with Crippen molar-refractivity contribution in [2.24, 2.45) is 0 Å². The monoisotopic (exact) mass is 375 g/mol. The van der Waals surface area contributed by atoms with Crippen LogP contribution < -0.4 is 10.1 Å². The van der Waals surface area contributed by atoms with Crippen molar-refractivity contribution in [3.05, 3.63) is 11.1 Å². The van der Waals surface area contributed by atoms with E-state index in [0.717, 1.165) is 25.7 Å². The third-order valence-electron chi connectivity index (χ3n) is 4.91. The lowest BCUT2D eigenvalue weighted by molar-refractivity contribution is -0.189. The Balaban J connectivity index is 2.12. The van der Waals surface area contributed by atoms with Crippen LogP contribution in [-0.4, -0.2) is 33.5 Å². The fourth-order valence-electron chi connectivity index (χ4n) is 3.65. The Morgan fingerprint density at radius 3 is 2.35 bits per heavy atom. The second-order valence-electron chi connectivity index (χ2n) is 6.71. The third kappa shape index (κ3) is 3.40. The maximum absolute atomic E-state index is 12.7. The van der Waals surface area contributed by atoms with Gasteiger partial charge in [0.25, 0.3) is 0 Å². The van der Waals surface area contributed by atoms with Gasteiger partial charge in [-0.2, -0.15) is 13.2 Å². The number of hydrogen-bond acceptors (Lipinski definition) is 6. The average molecular weight is 375 g/mol. The van der Waals surface area contributed by atoms with E-state index in [9.17, 15) is 33.3 Å². The van der Waals surface area contributed by atoms with Crippen LogP contribution in [-0.2, 0) is 11.2 Å². The predicted octanol–water partition coefficient (Wildman–Crippen LogP) is 3.29. The van der Waals surface area contributed by atoms with Crippen LogP contribution in [0.5, 0.6) is 17.2 Å². The number of rotatable bonds is 3. The number of ether oxygens (including phenoxy) is 1. The van der Waals surface area contributed by atoms with Crippen LogP contribution in [0.2, 0.25) is 0 Å². The van der Waals surface area contributed by atoms with Crippen LogP contribution in [0.4, 0.5) is 18.9 Å². The Bertz CT molecular complexity index is 714. The number of nitrogens with one attached hydrogen (secondary N) is 1. The summed E-state index contributed by atoms with van der Waals surface area (Å²) in [7, 11) is 0. The Hall–Kier alpha value is -2.16. The number of hydrogen-bond donors (Lipinski definition) is 4. The molecule has 0 aromatic heterocycles. The van der Waals surface area contributed by atoms with Gasteiger partial charge in [-0.25, -0.2) is 4.79 Å². The van der Waals surface area contributed by atoms with Crippen LogP contribution in [0.25, 0.3) is 0 Å². The van der Waals surface area contributed by atoms with Crippen molar-refractivity contribution in [1.29, 1.82) is 0 Å². The highest BCUT2D eigenvalue weighted by Gasteiger charge is 2.43. The first kappa shape index (κ1) is 18.6. The van der Waals surface area contributed by atoms with Crippen LogP contribution in [0, 0.1) is 0 Å². The minimum atomic E-state index is -5.23. The predicted molar refractivity (Wildman–Crippen MR) is 85.2 cm³/mol. The van der Waals surface area contributed by atoms with Gasteiger partial charge in [-0.3, -0.25) is 0 Å². The molecule has 0 bridgehead atoms. The molecule has 144 valence electrons. The molecule has 0 aliphatic heterocycles. The summed E-state index contributed by atoms with van der Waals surface area (Å²) < 4.78 is 42.7. The molecule has 0 heterocycles. The number of fused-ring (bicyclic) bond motifs is 1. The summed E-state index contributed by atoms with van der Waals surface area (Å²) in [6.45, 7) is 0. The molecule has 1 aromatic rings. The van der Waals surface area contributed by atoms with Crippen molar-refractivity contribution < 1.29 is 38.0 Å². The van der Waals surface area contributed by atoms with Gasteiger partial charge in [-0.05, 0) is 32.1 Å². The number of phenolic OH excluding ortho intramolecular Hbond substituents is 2. The number of carbonyl (C=O) groups is 1. The third-order valence-corrected chi connectivity index (χ3v) is 4.91. The van der Waals surface area contributed by atoms with Crippen LogP contribution in [0.3, 0.4) is 0 Å². The number of aliphatic hydroxyl groups excluding tert-OH is 1. The number of aromatic hydroxyl groups is 2. The molecule has 0 radical (unpaired) electrons. The summed E-state index contributed by atoms with van der Waals surface area (Å²) in [6.07, 6.45) is -2.19. The highest BCUT2D eigenvalue weighted by Crippen LogP contribution is 2.52. The summed E-state index contributed by atoms with van der Waals surface area (Å²) in [5.74, 6) is -4.19. The number of benzene rings is 1. The molecule has 1 fully saturated rings. The van der Waals surface area contributed by atoms with E-state index >= 15 is 0 Å². The molecule has 3 rings (SSSR count). The molecule has 4 N–H and O–H groups in total. The molecule has 1 unspecified atom stereocenters. The lowest BCUT2D eigenvalue weighted by Gasteiger charge is -2.28. The number of phenols is 2. The first-order valence-corrected chi connectivity index (χ1v) is 8.54. The van der Waals surface area contributed by atoms with E-state index in [0.29, 0.717) is 6.42 Å². The number of alkyl halides is 3. The number of aliphatic hydroxyl groups is 1. The maximum atomic E-state index is 12.7. The van der Waals surface area contributed by atoms with Crippen molar-refractivity contribution in [2.45, 2.75) is 63.3 Å². The van der Waals surface area contributed by atoms with Crippen LogP contribution in [0.1, 0.15) is 55.8 Å². The van der Waals surface area contributed by atoms with Crippen LogP contribution >= 0.6 is 0 Å². The van der Waals surface area contributed by atoms with Gasteiger partial charge in [0.15, 0.2) is 17.2 Å². The second-order valence-corrected chi connectivity index (χ2v) is 6.71. The van der Waals surface area contributed by atoms with Crippen LogP contribution in [0.15, 0.2) is 0 Å². The molecular formula is C17H20F3NO5. The Morgan fingerprint density at radius 1 is 1.08 bits per heavy atom. The quantitative estimate of drug-likeness (QED) is 0.368. The van der Waals surface area contributed by atoms with E-state index in [2.05, 4.69) is 10.1 Å². The molecular weight excluding hydrogens is 355 g/mol. The fraction of sp³-hybridized carbons (Fsp3) is 0.588. The van der Waals surface area contributed by atoms with E-state index < -0.39 is 35.5 Å². The largest absolute Gasteiger partial charge is 0.504 e. The number of esters is 1. The van der Waals surface area contributed by atoms with Gasteiger partial charge in [0.05, 0.1) is 6.10 Å². The standard InChI is InChI=1S/C17H20F3NO5/c18-17(19,20)16(25)26-15-11-9(6-3-7-10(11)22)13(23)14(24)12(15)21-8-4-1-2-5-8/h8,10,21-24H,1-7H2. The molecule has 2 aliphatic carbocycles. The second kappa shape index (κ2) is 6.86. The Morgan fingerprint density at radius 2 is 1.73 bits per heavy atom. The number of halogens is 3. The zero-order valence-corrected chi connectivity index (χ0v) is 13.9.